The molecule has 144 valence electrons. The molecule has 28 heavy (non-hydrogen) atoms. The van der Waals surface area contributed by atoms with Gasteiger partial charge in [0.2, 0.25) is 0 Å². The lowest BCUT2D eigenvalue weighted by Crippen LogP contribution is -2.24. The molecule has 0 spiro atoms. The summed E-state index contributed by atoms with van der Waals surface area (Å²) in [5, 5.41) is 0. The van der Waals surface area contributed by atoms with E-state index in [-0.39, 0.29) is 29.4 Å². The van der Waals surface area contributed by atoms with Crippen LogP contribution in [-0.4, -0.2) is 15.3 Å². The van der Waals surface area contributed by atoms with Gasteiger partial charge in [0.1, 0.15) is 0 Å². The van der Waals surface area contributed by atoms with Gasteiger partial charge in [0.15, 0.2) is 5.78 Å². The van der Waals surface area contributed by atoms with Gasteiger partial charge >= 0.3 is 0 Å². The Morgan fingerprint density at radius 1 is 1.07 bits per heavy atom. The van der Waals surface area contributed by atoms with Gasteiger partial charge in [-0.1, -0.05) is 30.3 Å². The molecule has 3 rings (SSSR count). The number of benzene rings is 1. The SMILES string of the molecule is Cc1cc(C)c(CCC(=O)c2ccn(C(C)c3ccccc3)c(=O)c2)c(=O)[nH]1. The molecule has 0 amide bonds. The van der Waals surface area contributed by atoms with E-state index >= 15 is 0 Å². The quantitative estimate of drug-likeness (QED) is 0.669. The van der Waals surface area contributed by atoms with Crippen LogP contribution in [0.15, 0.2) is 64.3 Å². The van der Waals surface area contributed by atoms with Gasteiger partial charge in [0.05, 0.1) is 6.04 Å². The fourth-order valence-electron chi connectivity index (χ4n) is 3.45. The summed E-state index contributed by atoms with van der Waals surface area (Å²) in [6.07, 6.45) is 2.20. The van der Waals surface area contributed by atoms with E-state index in [2.05, 4.69) is 4.98 Å². The molecule has 1 aromatic carbocycles. The van der Waals surface area contributed by atoms with Crippen LogP contribution in [0, 0.1) is 13.8 Å². The predicted molar refractivity (Wildman–Crippen MR) is 110 cm³/mol. The summed E-state index contributed by atoms with van der Waals surface area (Å²) in [6, 6.07) is 14.6. The third kappa shape index (κ3) is 4.19. The Balaban J connectivity index is 1.76. The zero-order valence-electron chi connectivity index (χ0n) is 16.4. The second kappa shape index (κ2) is 8.21. The van der Waals surface area contributed by atoms with Crippen LogP contribution in [0.4, 0.5) is 0 Å². The highest BCUT2D eigenvalue weighted by molar-refractivity contribution is 5.96. The van der Waals surface area contributed by atoms with E-state index in [4.69, 9.17) is 0 Å². The average molecular weight is 376 g/mol. The molecule has 1 unspecified atom stereocenters. The number of hydrogen-bond acceptors (Lipinski definition) is 3. The zero-order chi connectivity index (χ0) is 20.3. The lowest BCUT2D eigenvalue weighted by molar-refractivity contribution is 0.0982. The Morgan fingerprint density at radius 2 is 1.79 bits per heavy atom. The van der Waals surface area contributed by atoms with Crippen molar-refractivity contribution in [2.45, 2.75) is 39.7 Å². The van der Waals surface area contributed by atoms with Gasteiger partial charge < -0.3 is 9.55 Å². The molecule has 2 heterocycles. The Bertz CT molecular complexity index is 1110. The number of H-pyrrole nitrogens is 1. The highest BCUT2D eigenvalue weighted by Crippen LogP contribution is 2.16. The number of rotatable bonds is 6. The molecule has 0 radical (unpaired) electrons. The number of ketones is 1. The van der Waals surface area contributed by atoms with Crippen LogP contribution in [0.1, 0.15) is 52.1 Å². The first-order valence-corrected chi connectivity index (χ1v) is 9.36. The number of nitrogens with zero attached hydrogens (tertiary/aromatic N) is 1. The molecule has 5 heteroatoms. The molecule has 1 atom stereocenters. The van der Waals surface area contributed by atoms with Crippen LogP contribution in [0.5, 0.6) is 0 Å². The van der Waals surface area contributed by atoms with Gasteiger partial charge in [-0.3, -0.25) is 14.4 Å². The van der Waals surface area contributed by atoms with E-state index in [9.17, 15) is 14.4 Å². The fourth-order valence-corrected chi connectivity index (χ4v) is 3.45. The number of aromatic nitrogens is 2. The molecule has 0 bridgehead atoms. The van der Waals surface area contributed by atoms with Crippen LogP contribution < -0.4 is 11.1 Å². The Hall–Kier alpha value is -3.21. The minimum absolute atomic E-state index is 0.119. The molecular weight excluding hydrogens is 352 g/mol. The second-order valence-corrected chi connectivity index (χ2v) is 7.11. The van der Waals surface area contributed by atoms with Crippen molar-refractivity contribution in [1.29, 1.82) is 0 Å². The molecule has 5 nitrogen and oxygen atoms in total. The molecule has 1 N–H and O–H groups in total. The lowest BCUT2D eigenvalue weighted by Gasteiger charge is -2.15. The maximum absolute atomic E-state index is 12.6. The summed E-state index contributed by atoms with van der Waals surface area (Å²) < 4.78 is 1.61. The van der Waals surface area contributed by atoms with Crippen molar-refractivity contribution in [3.63, 3.8) is 0 Å². The summed E-state index contributed by atoms with van der Waals surface area (Å²) in [7, 11) is 0. The van der Waals surface area contributed by atoms with Crippen molar-refractivity contribution in [3.8, 4) is 0 Å². The number of carbonyl (C=O) groups excluding carboxylic acids is 1. The Kier molecular flexibility index (Phi) is 5.73. The average Bonchev–Trinajstić information content (AvgIpc) is 2.67. The topological polar surface area (TPSA) is 71.9 Å². The summed E-state index contributed by atoms with van der Waals surface area (Å²) >= 11 is 0. The van der Waals surface area contributed by atoms with E-state index < -0.39 is 0 Å². The van der Waals surface area contributed by atoms with E-state index in [1.165, 1.54) is 6.07 Å². The van der Waals surface area contributed by atoms with E-state index in [0.29, 0.717) is 17.5 Å². The third-order valence-corrected chi connectivity index (χ3v) is 5.07. The van der Waals surface area contributed by atoms with Crippen molar-refractivity contribution < 1.29 is 4.79 Å². The largest absolute Gasteiger partial charge is 0.326 e. The first-order valence-electron chi connectivity index (χ1n) is 9.36. The fraction of sp³-hybridized carbons (Fsp3) is 0.261. The van der Waals surface area contributed by atoms with Crippen LogP contribution in [0.3, 0.4) is 0 Å². The van der Waals surface area contributed by atoms with Gasteiger partial charge in [-0.05, 0) is 50.5 Å². The van der Waals surface area contributed by atoms with Crippen molar-refractivity contribution in [3.05, 3.63) is 103 Å². The standard InChI is InChI=1S/C23H24N2O3/c1-15-13-16(2)24-23(28)20(15)9-10-21(26)19-11-12-25(22(27)14-19)17(3)18-7-5-4-6-8-18/h4-8,11-14,17H,9-10H2,1-3H3,(H,24,28). The highest BCUT2D eigenvalue weighted by atomic mass is 16.1. The van der Waals surface area contributed by atoms with Crippen LogP contribution in [-0.2, 0) is 6.42 Å². The highest BCUT2D eigenvalue weighted by Gasteiger charge is 2.14. The van der Waals surface area contributed by atoms with Crippen molar-refractivity contribution in [1.82, 2.24) is 9.55 Å². The number of aromatic amines is 1. The number of Topliss-reactive ketones (excluding diaryl/α,β-unsaturated/α-hetero) is 1. The number of pyridine rings is 2. The molecule has 2 aromatic heterocycles. The summed E-state index contributed by atoms with van der Waals surface area (Å²) in [4.78, 5) is 40.0. The maximum Gasteiger partial charge on any atom is 0.251 e. The second-order valence-electron chi connectivity index (χ2n) is 7.11. The Labute approximate surface area is 163 Å². The van der Waals surface area contributed by atoms with Crippen molar-refractivity contribution >= 4 is 5.78 Å². The molecule has 0 aliphatic heterocycles. The smallest absolute Gasteiger partial charge is 0.251 e. The van der Waals surface area contributed by atoms with E-state index in [1.54, 1.807) is 16.8 Å². The molecule has 0 aliphatic carbocycles. The minimum atomic E-state index is -0.216. The monoisotopic (exact) mass is 376 g/mol. The molecule has 0 saturated carbocycles. The van der Waals surface area contributed by atoms with E-state index in [0.717, 1.165) is 16.8 Å². The normalized spacial score (nSPS) is 12.0. The summed E-state index contributed by atoms with van der Waals surface area (Å²) in [6.45, 7) is 5.65. The Morgan fingerprint density at radius 3 is 2.43 bits per heavy atom. The summed E-state index contributed by atoms with van der Waals surface area (Å²) in [5.74, 6) is -0.143. The number of aryl methyl sites for hydroxylation is 2. The molecular formula is C23H24N2O3. The first-order chi connectivity index (χ1) is 13.4. The molecule has 3 aromatic rings. The van der Waals surface area contributed by atoms with Crippen LogP contribution in [0.2, 0.25) is 0 Å². The summed E-state index contributed by atoms with van der Waals surface area (Å²) in [5.41, 5.74) is 3.32. The lowest BCUT2D eigenvalue weighted by atomic mass is 10.0. The van der Waals surface area contributed by atoms with E-state index in [1.807, 2.05) is 57.2 Å². The van der Waals surface area contributed by atoms with Gasteiger partial charge in [-0.15, -0.1) is 0 Å². The maximum atomic E-state index is 12.6. The van der Waals surface area contributed by atoms with Gasteiger partial charge in [0, 0.05) is 35.5 Å². The van der Waals surface area contributed by atoms with Crippen molar-refractivity contribution in [2.75, 3.05) is 0 Å². The van der Waals surface area contributed by atoms with Crippen LogP contribution >= 0.6 is 0 Å². The molecule has 0 aliphatic rings. The van der Waals surface area contributed by atoms with Gasteiger partial charge in [-0.2, -0.15) is 0 Å². The first kappa shape index (κ1) is 19.5. The predicted octanol–water partition coefficient (Wildman–Crippen LogP) is 3.58. The van der Waals surface area contributed by atoms with Crippen molar-refractivity contribution in [2.24, 2.45) is 0 Å². The third-order valence-electron chi connectivity index (χ3n) is 5.07. The number of nitrogens with one attached hydrogen (secondary N) is 1. The van der Waals surface area contributed by atoms with Gasteiger partial charge in [0.25, 0.3) is 11.1 Å². The van der Waals surface area contributed by atoms with Crippen LogP contribution in [0.25, 0.3) is 0 Å². The number of hydrogen-bond donors (Lipinski definition) is 1. The molecule has 0 fully saturated rings. The minimum Gasteiger partial charge on any atom is -0.326 e. The van der Waals surface area contributed by atoms with Gasteiger partial charge in [-0.25, -0.2) is 0 Å². The number of carbonyl (C=O) groups is 1. The zero-order valence-corrected chi connectivity index (χ0v) is 16.4. The molecule has 0 saturated heterocycles.